The highest BCUT2D eigenvalue weighted by molar-refractivity contribution is 9.10. The molecule has 0 unspecified atom stereocenters. The summed E-state index contributed by atoms with van der Waals surface area (Å²) < 4.78 is 14.6. The molecule has 106 valence electrons. The zero-order valence-electron chi connectivity index (χ0n) is 10.9. The third kappa shape index (κ3) is 3.73. The van der Waals surface area contributed by atoms with Gasteiger partial charge in [-0.15, -0.1) is 23.1 Å². The summed E-state index contributed by atoms with van der Waals surface area (Å²) in [4.78, 5) is 5.28. The van der Waals surface area contributed by atoms with E-state index < -0.39 is 0 Å². The van der Waals surface area contributed by atoms with Gasteiger partial charge in [0.15, 0.2) is 0 Å². The van der Waals surface area contributed by atoms with Gasteiger partial charge >= 0.3 is 0 Å². The zero-order chi connectivity index (χ0) is 14.7. The molecule has 0 radical (unpaired) electrons. The summed E-state index contributed by atoms with van der Waals surface area (Å²) in [6.45, 7) is 0. The van der Waals surface area contributed by atoms with Crippen molar-refractivity contribution in [3.63, 3.8) is 0 Å². The maximum absolute atomic E-state index is 13.6. The van der Waals surface area contributed by atoms with Crippen LogP contribution in [0.1, 0.15) is 5.01 Å². The molecule has 0 bridgehead atoms. The normalized spacial score (nSPS) is 10.8. The summed E-state index contributed by atoms with van der Waals surface area (Å²) in [6, 6.07) is 14.9. The second-order valence-electron chi connectivity index (χ2n) is 4.36. The molecule has 0 aliphatic rings. The van der Waals surface area contributed by atoms with E-state index >= 15 is 0 Å². The molecular formula is C16H11BrFNS2. The molecule has 0 spiro atoms. The fourth-order valence-corrected chi connectivity index (χ4v) is 4.02. The lowest BCUT2D eigenvalue weighted by molar-refractivity contribution is 0.602. The van der Waals surface area contributed by atoms with E-state index in [-0.39, 0.29) is 5.82 Å². The van der Waals surface area contributed by atoms with Gasteiger partial charge in [-0.2, -0.15) is 0 Å². The molecule has 0 atom stereocenters. The van der Waals surface area contributed by atoms with Gasteiger partial charge < -0.3 is 0 Å². The summed E-state index contributed by atoms with van der Waals surface area (Å²) in [5.74, 6) is 0.505. The number of thioether (sulfide) groups is 1. The molecule has 1 heterocycles. The van der Waals surface area contributed by atoms with E-state index in [1.54, 1.807) is 23.5 Å². The van der Waals surface area contributed by atoms with Gasteiger partial charge in [-0.1, -0.05) is 40.2 Å². The van der Waals surface area contributed by atoms with Gasteiger partial charge in [-0.05, 0) is 24.3 Å². The lowest BCUT2D eigenvalue weighted by Gasteiger charge is -2.00. The summed E-state index contributed by atoms with van der Waals surface area (Å²) in [5, 5.41) is 3.04. The highest BCUT2D eigenvalue weighted by Crippen LogP contribution is 2.29. The van der Waals surface area contributed by atoms with Gasteiger partial charge in [-0.25, -0.2) is 9.37 Å². The Kier molecular flexibility index (Phi) is 4.73. The molecule has 0 aliphatic carbocycles. The molecule has 3 rings (SSSR count). The molecule has 5 heteroatoms. The van der Waals surface area contributed by atoms with E-state index in [1.165, 1.54) is 17.8 Å². The van der Waals surface area contributed by atoms with E-state index in [4.69, 9.17) is 0 Å². The third-order valence-corrected chi connectivity index (χ3v) is 5.44. The predicted molar refractivity (Wildman–Crippen MR) is 91.2 cm³/mol. The monoisotopic (exact) mass is 379 g/mol. The van der Waals surface area contributed by atoms with E-state index in [1.807, 2.05) is 35.7 Å². The maximum Gasteiger partial charge on any atom is 0.136 e. The van der Waals surface area contributed by atoms with Crippen LogP contribution < -0.4 is 0 Å². The van der Waals surface area contributed by atoms with Crippen molar-refractivity contribution < 1.29 is 4.39 Å². The number of hydrogen-bond donors (Lipinski definition) is 0. The highest BCUT2D eigenvalue weighted by Gasteiger charge is 2.07. The van der Waals surface area contributed by atoms with Crippen molar-refractivity contribution in [1.82, 2.24) is 4.98 Å². The molecule has 1 nitrogen and oxygen atoms in total. The van der Waals surface area contributed by atoms with Crippen molar-refractivity contribution in [1.29, 1.82) is 0 Å². The van der Waals surface area contributed by atoms with Crippen molar-refractivity contribution in [2.24, 2.45) is 0 Å². The van der Waals surface area contributed by atoms with E-state index in [0.29, 0.717) is 10.6 Å². The lowest BCUT2D eigenvalue weighted by Crippen LogP contribution is -1.84. The molecule has 2 aromatic carbocycles. The molecule has 0 amide bonds. The van der Waals surface area contributed by atoms with Gasteiger partial charge in [0.2, 0.25) is 0 Å². The van der Waals surface area contributed by atoms with E-state index in [0.717, 1.165) is 20.7 Å². The Morgan fingerprint density at radius 3 is 2.81 bits per heavy atom. The number of aromatic nitrogens is 1. The molecule has 0 saturated heterocycles. The first-order valence-electron chi connectivity index (χ1n) is 6.30. The minimum Gasteiger partial charge on any atom is -0.240 e. The van der Waals surface area contributed by atoms with Gasteiger partial charge in [-0.3, -0.25) is 0 Å². The highest BCUT2D eigenvalue weighted by atomic mass is 79.9. The lowest BCUT2D eigenvalue weighted by atomic mass is 10.2. The standard InChI is InChI=1S/C16H11BrFNS2/c17-12-5-3-4-11(8-12)14-9-21-16(19-14)10-20-15-7-2-1-6-13(15)18/h1-9H,10H2. The SMILES string of the molecule is Fc1ccccc1SCc1nc(-c2cccc(Br)c2)cs1. The van der Waals surface area contributed by atoms with Crippen molar-refractivity contribution in [3.8, 4) is 11.3 Å². The number of benzene rings is 2. The Morgan fingerprint density at radius 1 is 1.14 bits per heavy atom. The first-order valence-corrected chi connectivity index (χ1v) is 8.96. The summed E-state index contributed by atoms with van der Waals surface area (Å²) in [7, 11) is 0. The van der Waals surface area contributed by atoms with Crippen LogP contribution in [0.2, 0.25) is 0 Å². The van der Waals surface area contributed by atoms with Crippen LogP contribution in [0.15, 0.2) is 63.3 Å². The van der Waals surface area contributed by atoms with Crippen LogP contribution in [0.25, 0.3) is 11.3 Å². The molecule has 0 N–H and O–H groups in total. The van der Waals surface area contributed by atoms with Crippen LogP contribution in [0.4, 0.5) is 4.39 Å². The Hall–Kier alpha value is -1.17. The first-order chi connectivity index (χ1) is 10.2. The summed E-state index contributed by atoms with van der Waals surface area (Å²) in [5.41, 5.74) is 2.05. The van der Waals surface area contributed by atoms with E-state index in [2.05, 4.69) is 20.9 Å². The van der Waals surface area contributed by atoms with Gasteiger partial charge in [0.05, 0.1) is 11.4 Å². The average Bonchev–Trinajstić information content (AvgIpc) is 2.95. The molecule has 3 aromatic rings. The Morgan fingerprint density at radius 2 is 2.00 bits per heavy atom. The summed E-state index contributed by atoms with van der Waals surface area (Å²) >= 11 is 6.55. The minimum atomic E-state index is -0.175. The van der Waals surface area contributed by atoms with Crippen LogP contribution in [-0.2, 0) is 5.75 Å². The molecule has 0 fully saturated rings. The smallest absolute Gasteiger partial charge is 0.136 e. The maximum atomic E-state index is 13.6. The Balaban J connectivity index is 1.72. The molecule has 21 heavy (non-hydrogen) atoms. The van der Waals surface area contributed by atoms with Gasteiger partial charge in [0.1, 0.15) is 10.8 Å². The number of nitrogens with zero attached hydrogens (tertiary/aromatic N) is 1. The number of hydrogen-bond acceptors (Lipinski definition) is 3. The van der Waals surface area contributed by atoms with Crippen LogP contribution in [-0.4, -0.2) is 4.98 Å². The molecule has 1 aromatic heterocycles. The average molecular weight is 380 g/mol. The topological polar surface area (TPSA) is 12.9 Å². The molecule has 0 saturated carbocycles. The van der Waals surface area contributed by atoms with Crippen LogP contribution in [0.3, 0.4) is 0 Å². The molecular weight excluding hydrogens is 369 g/mol. The Labute approximate surface area is 139 Å². The fourth-order valence-electron chi connectivity index (χ4n) is 1.86. The summed E-state index contributed by atoms with van der Waals surface area (Å²) in [6.07, 6.45) is 0. The largest absolute Gasteiger partial charge is 0.240 e. The second kappa shape index (κ2) is 6.73. The first kappa shape index (κ1) is 14.8. The minimum absolute atomic E-state index is 0.175. The van der Waals surface area contributed by atoms with Crippen molar-refractivity contribution in [2.75, 3.05) is 0 Å². The fraction of sp³-hybridized carbons (Fsp3) is 0.0625. The van der Waals surface area contributed by atoms with Crippen molar-refractivity contribution in [2.45, 2.75) is 10.6 Å². The van der Waals surface area contributed by atoms with Crippen molar-refractivity contribution >= 4 is 39.0 Å². The predicted octanol–water partition coefficient (Wildman–Crippen LogP) is 6.00. The number of rotatable bonds is 4. The van der Waals surface area contributed by atoms with Crippen LogP contribution in [0.5, 0.6) is 0 Å². The quantitative estimate of drug-likeness (QED) is 0.515. The van der Waals surface area contributed by atoms with Crippen LogP contribution >= 0.6 is 39.0 Å². The zero-order valence-corrected chi connectivity index (χ0v) is 14.1. The van der Waals surface area contributed by atoms with Crippen LogP contribution in [0, 0.1) is 5.82 Å². The second-order valence-corrected chi connectivity index (χ2v) is 7.23. The van der Waals surface area contributed by atoms with Gasteiger partial charge in [0, 0.05) is 20.3 Å². The van der Waals surface area contributed by atoms with Gasteiger partial charge in [0.25, 0.3) is 0 Å². The number of halogens is 2. The Bertz CT molecular complexity index is 757. The van der Waals surface area contributed by atoms with E-state index in [9.17, 15) is 4.39 Å². The third-order valence-electron chi connectivity index (χ3n) is 2.86. The van der Waals surface area contributed by atoms with Crippen molar-refractivity contribution in [3.05, 3.63) is 69.2 Å². The molecule has 0 aliphatic heterocycles. The number of thiazole rings is 1.